The number of anilines is 1. The van der Waals surface area contributed by atoms with Gasteiger partial charge in [0.15, 0.2) is 5.16 Å². The van der Waals surface area contributed by atoms with E-state index in [2.05, 4.69) is 5.32 Å². The minimum atomic E-state index is -0.609. The van der Waals surface area contributed by atoms with Crippen LogP contribution in [0, 0.1) is 17.0 Å². The zero-order chi connectivity index (χ0) is 26.3. The minimum absolute atomic E-state index is 0.0393. The third kappa shape index (κ3) is 4.98. The number of rotatable bonds is 6. The number of aromatic nitrogens is 2. The van der Waals surface area contributed by atoms with Gasteiger partial charge in [-0.25, -0.2) is 4.98 Å². The summed E-state index contributed by atoms with van der Waals surface area (Å²) in [6, 6.07) is 9.35. The van der Waals surface area contributed by atoms with E-state index in [0.717, 1.165) is 48.6 Å². The number of nitrogens with zero attached hydrogens (tertiary/aromatic N) is 3. The number of amides is 1. The van der Waals surface area contributed by atoms with Gasteiger partial charge in [-0.1, -0.05) is 41.0 Å². The summed E-state index contributed by atoms with van der Waals surface area (Å²) in [5, 5.41) is 15.6. The van der Waals surface area contributed by atoms with Crippen LogP contribution in [-0.4, -0.2) is 26.1 Å². The highest BCUT2D eigenvalue weighted by atomic mass is 35.5. The van der Waals surface area contributed by atoms with E-state index >= 15 is 0 Å². The summed E-state index contributed by atoms with van der Waals surface area (Å²) >= 11 is 14.9. The van der Waals surface area contributed by atoms with Gasteiger partial charge < -0.3 is 5.32 Å². The van der Waals surface area contributed by atoms with Crippen molar-refractivity contribution in [2.75, 3.05) is 11.1 Å². The van der Waals surface area contributed by atoms with Crippen LogP contribution in [0.5, 0.6) is 0 Å². The van der Waals surface area contributed by atoms with E-state index in [1.54, 1.807) is 18.2 Å². The quantitative estimate of drug-likeness (QED) is 0.120. The Balaban J connectivity index is 1.54. The number of halogens is 2. The first-order valence-electron chi connectivity index (χ1n) is 11.4. The number of carbonyl (C=O) groups excluding carboxylic acids is 1. The normalized spacial score (nSPS) is 12.9. The molecule has 5 rings (SSSR count). The molecular weight excluding hydrogens is 555 g/mol. The summed E-state index contributed by atoms with van der Waals surface area (Å²) in [5.41, 5.74) is 1.93. The van der Waals surface area contributed by atoms with Crippen LogP contribution in [-0.2, 0) is 17.6 Å². The molecule has 4 aromatic rings. The average Bonchev–Trinajstić information content (AvgIpc) is 3.24. The molecule has 12 heteroatoms. The standard InChI is InChI=1S/C25H20Cl2N4O4S2/c1-13-16(27)6-4-7-18(13)30-24(33)22-15-5-2-3-8-20(15)37-23(22)29-25(30)36-12-21(32)28-17-10-9-14(26)11-19(17)31(34)35/h4,6-7,9-11H,2-3,5,8,12H2,1H3,(H,28,32). The molecule has 37 heavy (non-hydrogen) atoms. The number of nitrogens with one attached hydrogen (secondary N) is 1. The Labute approximate surface area is 229 Å². The molecule has 8 nitrogen and oxygen atoms in total. The SMILES string of the molecule is Cc1c(Cl)cccc1-n1c(SCC(=O)Nc2ccc(Cl)cc2[N+](=O)[O-])nc2sc3c(c2c1=O)CCCC3. The molecule has 1 aliphatic carbocycles. The average molecular weight is 575 g/mol. The van der Waals surface area contributed by atoms with Gasteiger partial charge in [0.1, 0.15) is 10.5 Å². The monoisotopic (exact) mass is 574 g/mol. The van der Waals surface area contributed by atoms with Gasteiger partial charge in [-0.2, -0.15) is 0 Å². The lowest BCUT2D eigenvalue weighted by Crippen LogP contribution is -2.24. The van der Waals surface area contributed by atoms with E-state index in [9.17, 15) is 19.7 Å². The molecule has 1 N–H and O–H groups in total. The van der Waals surface area contributed by atoms with Gasteiger partial charge in [0.05, 0.1) is 21.7 Å². The van der Waals surface area contributed by atoms with E-state index < -0.39 is 10.8 Å². The number of aryl methyl sites for hydroxylation is 2. The van der Waals surface area contributed by atoms with Crippen LogP contribution in [0.2, 0.25) is 10.0 Å². The molecule has 0 aliphatic heterocycles. The number of benzene rings is 2. The van der Waals surface area contributed by atoms with Crippen molar-refractivity contribution >= 4 is 73.8 Å². The third-order valence-electron chi connectivity index (χ3n) is 6.20. The van der Waals surface area contributed by atoms with E-state index in [4.69, 9.17) is 28.2 Å². The first-order chi connectivity index (χ1) is 17.7. The number of hydrogen-bond donors (Lipinski definition) is 1. The summed E-state index contributed by atoms with van der Waals surface area (Å²) in [6.07, 6.45) is 3.88. The largest absolute Gasteiger partial charge is 0.320 e. The van der Waals surface area contributed by atoms with Gasteiger partial charge in [-0.3, -0.25) is 24.3 Å². The molecule has 0 fully saturated rings. The number of hydrogen-bond acceptors (Lipinski definition) is 7. The second-order valence-corrected chi connectivity index (χ2v) is 11.4. The molecule has 0 saturated carbocycles. The van der Waals surface area contributed by atoms with E-state index in [1.807, 2.05) is 6.92 Å². The van der Waals surface area contributed by atoms with E-state index in [1.165, 1.54) is 39.0 Å². The predicted molar refractivity (Wildman–Crippen MR) is 149 cm³/mol. The molecule has 0 unspecified atom stereocenters. The fourth-order valence-electron chi connectivity index (χ4n) is 4.41. The van der Waals surface area contributed by atoms with E-state index in [0.29, 0.717) is 26.1 Å². The number of thiophene rings is 1. The molecule has 1 aliphatic rings. The molecule has 0 atom stereocenters. The van der Waals surface area contributed by atoms with Crippen molar-refractivity contribution in [1.29, 1.82) is 0 Å². The summed E-state index contributed by atoms with van der Waals surface area (Å²) in [4.78, 5) is 44.2. The van der Waals surface area contributed by atoms with Gasteiger partial charge >= 0.3 is 0 Å². The summed E-state index contributed by atoms with van der Waals surface area (Å²) in [6.45, 7) is 1.83. The maximum Gasteiger partial charge on any atom is 0.294 e. The maximum absolute atomic E-state index is 13.9. The summed E-state index contributed by atoms with van der Waals surface area (Å²) < 4.78 is 1.52. The number of carbonyl (C=O) groups is 1. The number of nitro groups is 1. The molecule has 2 aromatic heterocycles. The van der Waals surface area contributed by atoms with Gasteiger partial charge in [0.2, 0.25) is 5.91 Å². The van der Waals surface area contributed by atoms with Crippen LogP contribution in [0.4, 0.5) is 11.4 Å². The topological polar surface area (TPSA) is 107 Å². The number of nitro benzene ring substituents is 1. The molecule has 1 amide bonds. The summed E-state index contributed by atoms with van der Waals surface area (Å²) in [7, 11) is 0. The highest BCUT2D eigenvalue weighted by Gasteiger charge is 2.24. The molecule has 0 spiro atoms. The number of fused-ring (bicyclic) bond motifs is 3. The van der Waals surface area contributed by atoms with Crippen LogP contribution < -0.4 is 10.9 Å². The fourth-order valence-corrected chi connectivity index (χ4v) is 6.86. The van der Waals surface area contributed by atoms with Crippen LogP contribution >= 0.6 is 46.3 Å². The smallest absolute Gasteiger partial charge is 0.294 e. The van der Waals surface area contributed by atoms with Gasteiger partial charge in [0.25, 0.3) is 11.2 Å². The van der Waals surface area contributed by atoms with Gasteiger partial charge in [0, 0.05) is 21.0 Å². The lowest BCUT2D eigenvalue weighted by Gasteiger charge is -2.16. The van der Waals surface area contributed by atoms with Gasteiger partial charge in [-0.05, 0) is 68.0 Å². The second-order valence-electron chi connectivity index (χ2n) is 8.57. The maximum atomic E-state index is 13.9. The molecule has 0 bridgehead atoms. The van der Waals surface area contributed by atoms with Crippen molar-refractivity contribution in [2.45, 2.75) is 37.8 Å². The van der Waals surface area contributed by atoms with Crippen molar-refractivity contribution in [3.63, 3.8) is 0 Å². The predicted octanol–water partition coefficient (Wildman–Crippen LogP) is 6.58. The Morgan fingerprint density at radius 2 is 2.03 bits per heavy atom. The van der Waals surface area contributed by atoms with Crippen LogP contribution in [0.1, 0.15) is 28.8 Å². The second kappa shape index (κ2) is 10.4. The minimum Gasteiger partial charge on any atom is -0.320 e. The lowest BCUT2D eigenvalue weighted by atomic mass is 9.97. The first kappa shape index (κ1) is 25.7. The first-order valence-corrected chi connectivity index (χ1v) is 14.0. The zero-order valence-corrected chi connectivity index (χ0v) is 22.7. The highest BCUT2D eigenvalue weighted by Crippen LogP contribution is 2.36. The molecule has 0 saturated heterocycles. The number of thioether (sulfide) groups is 1. The van der Waals surface area contributed by atoms with Crippen LogP contribution in [0.3, 0.4) is 0 Å². The van der Waals surface area contributed by atoms with Crippen molar-refractivity contribution in [1.82, 2.24) is 9.55 Å². The Bertz CT molecular complexity index is 1630. The third-order valence-corrected chi connectivity index (χ3v) is 8.97. The molecule has 0 radical (unpaired) electrons. The van der Waals surface area contributed by atoms with Crippen LogP contribution in [0.15, 0.2) is 46.3 Å². The van der Waals surface area contributed by atoms with Crippen molar-refractivity contribution in [3.8, 4) is 5.69 Å². The van der Waals surface area contributed by atoms with Crippen molar-refractivity contribution in [3.05, 3.63) is 82.9 Å². The molecule has 2 aromatic carbocycles. The Morgan fingerprint density at radius 3 is 2.81 bits per heavy atom. The van der Waals surface area contributed by atoms with Crippen LogP contribution in [0.25, 0.3) is 15.9 Å². The molecule has 190 valence electrons. The Morgan fingerprint density at radius 1 is 1.24 bits per heavy atom. The zero-order valence-electron chi connectivity index (χ0n) is 19.5. The Kier molecular flexibility index (Phi) is 7.26. The van der Waals surface area contributed by atoms with Gasteiger partial charge in [-0.15, -0.1) is 11.3 Å². The van der Waals surface area contributed by atoms with E-state index in [-0.39, 0.29) is 27.7 Å². The summed E-state index contributed by atoms with van der Waals surface area (Å²) in [5.74, 6) is -0.604. The fraction of sp³-hybridized carbons (Fsp3) is 0.240. The lowest BCUT2D eigenvalue weighted by molar-refractivity contribution is -0.383. The van der Waals surface area contributed by atoms with Crippen molar-refractivity contribution < 1.29 is 9.72 Å². The highest BCUT2D eigenvalue weighted by molar-refractivity contribution is 7.99. The Hall–Kier alpha value is -2.92. The van der Waals surface area contributed by atoms with Crippen molar-refractivity contribution in [2.24, 2.45) is 0 Å². The molecular formula is C25H20Cl2N4O4S2. The molecule has 2 heterocycles.